The summed E-state index contributed by atoms with van der Waals surface area (Å²) in [5.41, 5.74) is 3.66. The van der Waals surface area contributed by atoms with E-state index in [1.807, 2.05) is 48.5 Å². The first-order valence-corrected chi connectivity index (χ1v) is 6.71. The van der Waals surface area contributed by atoms with Gasteiger partial charge < -0.3 is 10.3 Å². The van der Waals surface area contributed by atoms with Crippen LogP contribution in [0.25, 0.3) is 22.5 Å². The maximum absolute atomic E-state index is 11.6. The molecule has 0 bridgehead atoms. The molecule has 0 saturated carbocycles. The molecule has 1 amide bonds. The van der Waals surface area contributed by atoms with Gasteiger partial charge in [-0.3, -0.25) is 4.79 Å². The lowest BCUT2D eigenvalue weighted by Crippen LogP contribution is -2.08. The summed E-state index contributed by atoms with van der Waals surface area (Å²) in [6.45, 7) is 1.51. The van der Waals surface area contributed by atoms with Crippen LogP contribution in [0.15, 0.2) is 60.9 Å². The van der Waals surface area contributed by atoms with Crippen molar-refractivity contribution in [3.63, 3.8) is 0 Å². The SMILES string of the molecule is CC(=O)Nc1c(-c2ccccc2)cccc1-c1ncc[nH]1. The van der Waals surface area contributed by atoms with E-state index in [9.17, 15) is 4.79 Å². The van der Waals surface area contributed by atoms with Crippen molar-refractivity contribution in [3.05, 3.63) is 60.9 Å². The van der Waals surface area contributed by atoms with E-state index in [1.165, 1.54) is 6.92 Å². The molecule has 3 rings (SSSR count). The van der Waals surface area contributed by atoms with Crippen molar-refractivity contribution >= 4 is 11.6 Å². The zero-order valence-electron chi connectivity index (χ0n) is 11.6. The minimum atomic E-state index is -0.105. The average Bonchev–Trinajstić information content (AvgIpc) is 3.02. The molecular formula is C17H15N3O. The van der Waals surface area contributed by atoms with E-state index in [-0.39, 0.29) is 5.91 Å². The van der Waals surface area contributed by atoms with E-state index in [4.69, 9.17) is 0 Å². The molecule has 2 N–H and O–H groups in total. The molecule has 0 spiro atoms. The molecule has 104 valence electrons. The van der Waals surface area contributed by atoms with Crippen molar-refractivity contribution in [2.24, 2.45) is 0 Å². The maximum Gasteiger partial charge on any atom is 0.221 e. The van der Waals surface area contributed by atoms with Crippen molar-refractivity contribution in [2.45, 2.75) is 6.92 Å². The number of rotatable bonds is 3. The second-order valence-electron chi connectivity index (χ2n) is 4.71. The monoisotopic (exact) mass is 277 g/mol. The summed E-state index contributed by atoms with van der Waals surface area (Å²) < 4.78 is 0. The number of carbonyl (C=O) groups is 1. The summed E-state index contributed by atoms with van der Waals surface area (Å²) in [5, 5.41) is 2.93. The third kappa shape index (κ3) is 2.69. The van der Waals surface area contributed by atoms with Gasteiger partial charge >= 0.3 is 0 Å². The van der Waals surface area contributed by atoms with Crippen LogP contribution in [0.5, 0.6) is 0 Å². The number of H-pyrrole nitrogens is 1. The number of imidazole rings is 1. The summed E-state index contributed by atoms with van der Waals surface area (Å²) in [5.74, 6) is 0.628. The van der Waals surface area contributed by atoms with Crippen molar-refractivity contribution in [2.75, 3.05) is 5.32 Å². The lowest BCUT2D eigenvalue weighted by Gasteiger charge is -2.14. The minimum Gasteiger partial charge on any atom is -0.345 e. The molecule has 2 aromatic carbocycles. The van der Waals surface area contributed by atoms with Gasteiger partial charge in [0.2, 0.25) is 5.91 Å². The van der Waals surface area contributed by atoms with E-state index >= 15 is 0 Å². The Morgan fingerprint density at radius 1 is 1.05 bits per heavy atom. The summed E-state index contributed by atoms with van der Waals surface area (Å²) in [4.78, 5) is 18.9. The van der Waals surface area contributed by atoms with Gasteiger partial charge in [-0.25, -0.2) is 4.98 Å². The number of anilines is 1. The highest BCUT2D eigenvalue weighted by molar-refractivity contribution is 5.99. The number of hydrogen-bond donors (Lipinski definition) is 2. The Bertz CT molecular complexity index is 749. The van der Waals surface area contributed by atoms with Crippen LogP contribution < -0.4 is 5.32 Å². The van der Waals surface area contributed by atoms with Gasteiger partial charge in [-0.2, -0.15) is 0 Å². The van der Waals surface area contributed by atoms with Gasteiger partial charge in [-0.1, -0.05) is 42.5 Å². The van der Waals surface area contributed by atoms with Gasteiger partial charge in [-0.15, -0.1) is 0 Å². The standard InChI is InChI=1S/C17H15N3O/c1-12(21)20-16-14(13-6-3-2-4-7-13)8-5-9-15(16)17-18-10-11-19-17/h2-11H,1H3,(H,18,19)(H,20,21). The lowest BCUT2D eigenvalue weighted by atomic mass is 9.99. The molecular weight excluding hydrogens is 262 g/mol. The van der Waals surface area contributed by atoms with E-state index in [0.717, 1.165) is 28.2 Å². The van der Waals surface area contributed by atoms with Crippen molar-refractivity contribution in [3.8, 4) is 22.5 Å². The van der Waals surface area contributed by atoms with Gasteiger partial charge in [0.05, 0.1) is 5.69 Å². The molecule has 0 aliphatic heterocycles. The number of nitrogens with one attached hydrogen (secondary N) is 2. The molecule has 1 heterocycles. The molecule has 21 heavy (non-hydrogen) atoms. The zero-order chi connectivity index (χ0) is 14.7. The van der Waals surface area contributed by atoms with Gasteiger partial charge in [0.15, 0.2) is 0 Å². The predicted molar refractivity (Wildman–Crippen MR) is 83.8 cm³/mol. The van der Waals surface area contributed by atoms with Crippen LogP contribution in [0.1, 0.15) is 6.92 Å². The van der Waals surface area contributed by atoms with E-state index in [0.29, 0.717) is 0 Å². The Morgan fingerprint density at radius 3 is 2.48 bits per heavy atom. The second-order valence-corrected chi connectivity index (χ2v) is 4.71. The van der Waals surface area contributed by atoms with Crippen molar-refractivity contribution in [1.29, 1.82) is 0 Å². The van der Waals surface area contributed by atoms with Crippen LogP contribution in [-0.4, -0.2) is 15.9 Å². The fourth-order valence-electron chi connectivity index (χ4n) is 2.33. The summed E-state index contributed by atoms with van der Waals surface area (Å²) in [7, 11) is 0. The van der Waals surface area contributed by atoms with Gasteiger partial charge in [-0.05, 0) is 11.6 Å². The van der Waals surface area contributed by atoms with Gasteiger partial charge in [0.25, 0.3) is 0 Å². The Morgan fingerprint density at radius 2 is 1.81 bits per heavy atom. The van der Waals surface area contributed by atoms with Crippen LogP contribution >= 0.6 is 0 Å². The minimum absolute atomic E-state index is 0.105. The Labute approximate surface area is 122 Å². The molecule has 1 aromatic heterocycles. The largest absolute Gasteiger partial charge is 0.345 e. The maximum atomic E-state index is 11.6. The predicted octanol–water partition coefficient (Wildman–Crippen LogP) is 3.70. The highest BCUT2D eigenvalue weighted by atomic mass is 16.1. The van der Waals surface area contributed by atoms with Crippen molar-refractivity contribution in [1.82, 2.24) is 9.97 Å². The average molecular weight is 277 g/mol. The quantitative estimate of drug-likeness (QED) is 0.767. The zero-order valence-corrected chi connectivity index (χ0v) is 11.6. The number of nitrogens with zero attached hydrogens (tertiary/aromatic N) is 1. The first-order valence-electron chi connectivity index (χ1n) is 6.71. The number of hydrogen-bond acceptors (Lipinski definition) is 2. The first-order chi connectivity index (χ1) is 10.3. The van der Waals surface area contributed by atoms with Crippen LogP contribution in [-0.2, 0) is 4.79 Å². The van der Waals surface area contributed by atoms with E-state index < -0.39 is 0 Å². The number of para-hydroxylation sites is 1. The number of carbonyl (C=O) groups excluding carboxylic acids is 1. The fourth-order valence-corrected chi connectivity index (χ4v) is 2.33. The topological polar surface area (TPSA) is 57.8 Å². The Kier molecular flexibility index (Phi) is 3.51. The molecule has 4 heteroatoms. The number of benzene rings is 2. The molecule has 3 aromatic rings. The van der Waals surface area contributed by atoms with Crippen LogP contribution in [0.3, 0.4) is 0 Å². The normalized spacial score (nSPS) is 10.3. The highest BCUT2D eigenvalue weighted by Crippen LogP contribution is 2.35. The fraction of sp³-hybridized carbons (Fsp3) is 0.0588. The van der Waals surface area contributed by atoms with E-state index in [2.05, 4.69) is 15.3 Å². The van der Waals surface area contributed by atoms with Crippen LogP contribution in [0.2, 0.25) is 0 Å². The molecule has 0 unspecified atom stereocenters. The molecule has 0 fully saturated rings. The Hall–Kier alpha value is -2.88. The molecule has 4 nitrogen and oxygen atoms in total. The Balaban J connectivity index is 2.20. The molecule has 0 atom stereocenters. The van der Waals surface area contributed by atoms with Crippen molar-refractivity contribution < 1.29 is 4.79 Å². The second kappa shape index (κ2) is 5.63. The highest BCUT2D eigenvalue weighted by Gasteiger charge is 2.14. The van der Waals surface area contributed by atoms with Crippen LogP contribution in [0.4, 0.5) is 5.69 Å². The van der Waals surface area contributed by atoms with Crippen LogP contribution in [0, 0.1) is 0 Å². The first kappa shape index (κ1) is 13.1. The third-order valence-corrected chi connectivity index (χ3v) is 3.20. The third-order valence-electron chi connectivity index (χ3n) is 3.20. The van der Waals surface area contributed by atoms with Gasteiger partial charge in [0, 0.05) is 30.4 Å². The smallest absolute Gasteiger partial charge is 0.221 e. The molecule has 0 aliphatic carbocycles. The lowest BCUT2D eigenvalue weighted by molar-refractivity contribution is -0.114. The number of amides is 1. The van der Waals surface area contributed by atoms with E-state index in [1.54, 1.807) is 12.4 Å². The molecule has 0 radical (unpaired) electrons. The summed E-state index contributed by atoms with van der Waals surface area (Å²) >= 11 is 0. The molecule has 0 saturated heterocycles. The summed E-state index contributed by atoms with van der Waals surface area (Å²) in [6, 6.07) is 15.9. The van der Waals surface area contributed by atoms with Gasteiger partial charge in [0.1, 0.15) is 5.82 Å². The number of aromatic amines is 1. The summed E-state index contributed by atoms with van der Waals surface area (Å²) in [6.07, 6.45) is 3.46. The molecule has 0 aliphatic rings. The number of aromatic nitrogens is 2.